The summed E-state index contributed by atoms with van der Waals surface area (Å²) in [6.45, 7) is 0. The maximum Gasteiger partial charge on any atom is 0.255 e. The van der Waals surface area contributed by atoms with Crippen LogP contribution < -0.4 is 5.32 Å². The van der Waals surface area contributed by atoms with Crippen LogP contribution in [0.15, 0.2) is 42.5 Å². The van der Waals surface area contributed by atoms with Crippen molar-refractivity contribution in [2.24, 2.45) is 0 Å². The quantitative estimate of drug-likeness (QED) is 0.785. The summed E-state index contributed by atoms with van der Waals surface area (Å²) in [4.78, 5) is 11.9. The molecule has 2 rings (SSSR count). The van der Waals surface area contributed by atoms with E-state index >= 15 is 0 Å². The molecule has 2 nitrogen and oxygen atoms in total. The lowest BCUT2D eigenvalue weighted by molar-refractivity contribution is 0.102. The van der Waals surface area contributed by atoms with Crippen molar-refractivity contribution in [2.75, 3.05) is 5.32 Å². The Balaban J connectivity index is 2.23. The minimum atomic E-state index is -0.231. The third-order valence-corrected chi connectivity index (χ3v) is 3.47. The van der Waals surface area contributed by atoms with E-state index in [-0.39, 0.29) is 10.9 Å². The van der Waals surface area contributed by atoms with Crippen LogP contribution in [-0.2, 0) is 0 Å². The predicted molar refractivity (Wildman–Crippen MR) is 75.9 cm³/mol. The molecule has 0 radical (unpaired) electrons. The molecule has 92 valence electrons. The van der Waals surface area contributed by atoms with Gasteiger partial charge in [-0.2, -0.15) is 0 Å². The Hall–Kier alpha value is -1.22. The second-order valence-corrected chi connectivity index (χ2v) is 4.77. The third kappa shape index (κ3) is 2.96. The van der Waals surface area contributed by atoms with Gasteiger partial charge in [0.1, 0.15) is 0 Å². The van der Waals surface area contributed by atoms with Crippen molar-refractivity contribution in [3.05, 3.63) is 63.1 Å². The number of halogens is 3. The van der Waals surface area contributed by atoms with E-state index in [0.717, 1.165) is 0 Å². The number of hydrogen-bond acceptors (Lipinski definition) is 1. The van der Waals surface area contributed by atoms with Crippen LogP contribution in [0.25, 0.3) is 0 Å². The molecule has 0 saturated carbocycles. The molecule has 0 aliphatic carbocycles. The average molecular weight is 301 g/mol. The van der Waals surface area contributed by atoms with E-state index in [1.54, 1.807) is 36.4 Å². The molecule has 0 aliphatic rings. The summed E-state index contributed by atoms with van der Waals surface area (Å²) in [5.74, 6) is -0.231. The standard InChI is InChI=1S/C13H8Cl3NO/c14-10-6-9(7-11(15)12(10)16)17-13(18)8-4-2-1-3-5-8/h1-7H,(H,17,18). The first-order chi connectivity index (χ1) is 8.58. The van der Waals surface area contributed by atoms with E-state index in [1.165, 1.54) is 0 Å². The fraction of sp³-hybridized carbons (Fsp3) is 0. The topological polar surface area (TPSA) is 29.1 Å². The van der Waals surface area contributed by atoms with Crippen LogP contribution in [-0.4, -0.2) is 5.91 Å². The molecular formula is C13H8Cl3NO. The fourth-order valence-electron chi connectivity index (χ4n) is 1.42. The van der Waals surface area contributed by atoms with Gasteiger partial charge in [0.05, 0.1) is 15.1 Å². The van der Waals surface area contributed by atoms with Crippen molar-refractivity contribution in [1.82, 2.24) is 0 Å². The van der Waals surface area contributed by atoms with E-state index in [2.05, 4.69) is 5.32 Å². The summed E-state index contributed by atoms with van der Waals surface area (Å²) >= 11 is 17.6. The van der Waals surface area contributed by atoms with Crippen molar-refractivity contribution in [3.8, 4) is 0 Å². The normalized spacial score (nSPS) is 10.2. The van der Waals surface area contributed by atoms with Gasteiger partial charge >= 0.3 is 0 Å². The lowest BCUT2D eigenvalue weighted by Gasteiger charge is -2.07. The van der Waals surface area contributed by atoms with Gasteiger partial charge in [0.25, 0.3) is 5.91 Å². The Morgan fingerprint density at radius 2 is 1.50 bits per heavy atom. The minimum absolute atomic E-state index is 0.231. The molecule has 0 atom stereocenters. The van der Waals surface area contributed by atoms with Crippen LogP contribution in [0.5, 0.6) is 0 Å². The van der Waals surface area contributed by atoms with Gasteiger partial charge in [-0.25, -0.2) is 0 Å². The Labute approximate surface area is 119 Å². The van der Waals surface area contributed by atoms with Gasteiger partial charge < -0.3 is 5.32 Å². The van der Waals surface area contributed by atoms with Crippen LogP contribution in [0.1, 0.15) is 10.4 Å². The molecule has 0 fully saturated rings. The number of amides is 1. The third-order valence-electron chi connectivity index (χ3n) is 2.28. The number of carbonyl (C=O) groups excluding carboxylic acids is 1. The summed E-state index contributed by atoms with van der Waals surface area (Å²) in [6.07, 6.45) is 0. The van der Waals surface area contributed by atoms with E-state index in [9.17, 15) is 4.79 Å². The van der Waals surface area contributed by atoms with Gasteiger partial charge in [0.15, 0.2) is 0 Å². The molecule has 0 aliphatic heterocycles. The van der Waals surface area contributed by atoms with Gasteiger partial charge in [0.2, 0.25) is 0 Å². The summed E-state index contributed by atoms with van der Waals surface area (Å²) in [6, 6.07) is 12.0. The second kappa shape index (κ2) is 5.61. The zero-order valence-corrected chi connectivity index (χ0v) is 11.4. The molecule has 0 heterocycles. The monoisotopic (exact) mass is 299 g/mol. The lowest BCUT2D eigenvalue weighted by atomic mass is 10.2. The summed E-state index contributed by atoms with van der Waals surface area (Å²) in [5, 5.41) is 3.57. The van der Waals surface area contributed by atoms with E-state index in [4.69, 9.17) is 34.8 Å². The Bertz CT molecular complexity index is 561. The minimum Gasteiger partial charge on any atom is -0.322 e. The van der Waals surface area contributed by atoms with E-state index in [0.29, 0.717) is 21.3 Å². The van der Waals surface area contributed by atoms with Gasteiger partial charge in [0, 0.05) is 11.3 Å². The smallest absolute Gasteiger partial charge is 0.255 e. The van der Waals surface area contributed by atoms with Crippen LogP contribution in [0.2, 0.25) is 15.1 Å². The molecule has 0 saturated heterocycles. The van der Waals surface area contributed by atoms with Crippen LogP contribution >= 0.6 is 34.8 Å². The number of carbonyl (C=O) groups is 1. The van der Waals surface area contributed by atoms with Gasteiger partial charge in [-0.05, 0) is 24.3 Å². The van der Waals surface area contributed by atoms with Crippen molar-refractivity contribution >= 4 is 46.4 Å². The Morgan fingerprint density at radius 1 is 0.944 bits per heavy atom. The highest BCUT2D eigenvalue weighted by Gasteiger charge is 2.09. The number of anilines is 1. The molecule has 5 heteroatoms. The number of benzene rings is 2. The molecule has 0 spiro atoms. The zero-order chi connectivity index (χ0) is 13.1. The van der Waals surface area contributed by atoms with Gasteiger partial charge in [-0.1, -0.05) is 53.0 Å². The molecule has 1 N–H and O–H groups in total. The second-order valence-electron chi connectivity index (χ2n) is 3.57. The van der Waals surface area contributed by atoms with Crippen molar-refractivity contribution in [3.63, 3.8) is 0 Å². The first-order valence-electron chi connectivity index (χ1n) is 5.09. The van der Waals surface area contributed by atoms with Crippen LogP contribution in [0.4, 0.5) is 5.69 Å². The highest BCUT2D eigenvalue weighted by Crippen LogP contribution is 2.33. The fourth-order valence-corrected chi connectivity index (χ4v) is 2.02. The van der Waals surface area contributed by atoms with Gasteiger partial charge in [-0.3, -0.25) is 4.79 Å². The summed E-state index contributed by atoms with van der Waals surface area (Å²) in [7, 11) is 0. The van der Waals surface area contributed by atoms with Crippen molar-refractivity contribution in [1.29, 1.82) is 0 Å². The van der Waals surface area contributed by atoms with E-state index in [1.807, 2.05) is 6.07 Å². The van der Waals surface area contributed by atoms with Crippen molar-refractivity contribution < 1.29 is 4.79 Å². The SMILES string of the molecule is O=C(Nc1cc(Cl)c(Cl)c(Cl)c1)c1ccccc1. The van der Waals surface area contributed by atoms with E-state index < -0.39 is 0 Å². The maximum absolute atomic E-state index is 11.9. The molecule has 0 bridgehead atoms. The largest absolute Gasteiger partial charge is 0.322 e. The highest BCUT2D eigenvalue weighted by atomic mass is 35.5. The van der Waals surface area contributed by atoms with Crippen LogP contribution in [0.3, 0.4) is 0 Å². The Kier molecular flexibility index (Phi) is 4.12. The lowest BCUT2D eigenvalue weighted by Crippen LogP contribution is -2.11. The number of nitrogens with one attached hydrogen (secondary N) is 1. The molecule has 0 aromatic heterocycles. The Morgan fingerprint density at radius 3 is 2.06 bits per heavy atom. The number of hydrogen-bond donors (Lipinski definition) is 1. The van der Waals surface area contributed by atoms with Crippen LogP contribution in [0, 0.1) is 0 Å². The molecule has 2 aromatic rings. The summed E-state index contributed by atoms with van der Waals surface area (Å²) in [5.41, 5.74) is 1.06. The first kappa shape index (κ1) is 13.2. The molecule has 0 unspecified atom stereocenters. The predicted octanol–water partition coefficient (Wildman–Crippen LogP) is 4.90. The molecule has 1 amide bonds. The average Bonchev–Trinajstić information content (AvgIpc) is 2.37. The summed E-state index contributed by atoms with van der Waals surface area (Å²) < 4.78 is 0. The van der Waals surface area contributed by atoms with Gasteiger partial charge in [-0.15, -0.1) is 0 Å². The molecular weight excluding hydrogens is 293 g/mol. The molecule has 2 aromatic carbocycles. The first-order valence-corrected chi connectivity index (χ1v) is 6.22. The number of rotatable bonds is 2. The zero-order valence-electron chi connectivity index (χ0n) is 9.08. The maximum atomic E-state index is 11.9. The molecule has 18 heavy (non-hydrogen) atoms. The van der Waals surface area contributed by atoms with Crippen molar-refractivity contribution in [2.45, 2.75) is 0 Å². The highest BCUT2D eigenvalue weighted by molar-refractivity contribution is 6.48.